The molecule has 0 radical (unpaired) electrons. The average Bonchev–Trinajstić information content (AvgIpc) is 3.14. The van der Waals surface area contributed by atoms with Gasteiger partial charge in [0.1, 0.15) is 4.90 Å². The van der Waals surface area contributed by atoms with Gasteiger partial charge >= 0.3 is 6.03 Å². The fourth-order valence-electron chi connectivity index (χ4n) is 2.27. The lowest BCUT2D eigenvalue weighted by Gasteiger charge is -2.15. The number of carbonyl (C=O) groups excluding carboxylic acids is 2. The summed E-state index contributed by atoms with van der Waals surface area (Å²) in [6, 6.07) is 2.54. The third-order valence-electron chi connectivity index (χ3n) is 3.55. The van der Waals surface area contributed by atoms with E-state index in [0.29, 0.717) is 24.7 Å². The van der Waals surface area contributed by atoms with Crippen LogP contribution in [0.5, 0.6) is 0 Å². The normalized spacial score (nSPS) is 15.1. The van der Waals surface area contributed by atoms with Crippen LogP contribution in [0.4, 0.5) is 4.79 Å². The van der Waals surface area contributed by atoms with Gasteiger partial charge in [-0.3, -0.25) is 10.1 Å². The molecule has 1 aromatic heterocycles. The Labute approximate surface area is 151 Å². The minimum Gasteiger partial charge on any atom is -0.338 e. The number of thioether (sulfide) groups is 1. The fraction of sp³-hybridized carbons (Fsp3) is 0.533. The third kappa shape index (κ3) is 5.68. The number of pyridine rings is 1. The summed E-state index contributed by atoms with van der Waals surface area (Å²) in [4.78, 5) is 27.3. The lowest BCUT2D eigenvalue weighted by atomic mass is 10.4. The highest BCUT2D eigenvalue weighted by atomic mass is 32.2. The largest absolute Gasteiger partial charge is 0.338 e. The summed E-state index contributed by atoms with van der Waals surface area (Å²) in [5.41, 5.74) is 0. The Morgan fingerprint density at radius 2 is 2.00 bits per heavy atom. The summed E-state index contributed by atoms with van der Waals surface area (Å²) in [5, 5.41) is 5.28. The third-order valence-corrected chi connectivity index (χ3v) is 6.38. The van der Waals surface area contributed by atoms with Crippen LogP contribution in [-0.4, -0.2) is 55.0 Å². The number of sulfonamides is 1. The van der Waals surface area contributed by atoms with Crippen molar-refractivity contribution in [3.8, 4) is 0 Å². The Kier molecular flexibility index (Phi) is 7.21. The van der Waals surface area contributed by atoms with E-state index in [4.69, 9.17) is 0 Å². The average molecular weight is 386 g/mol. The Bertz CT molecular complexity index is 701. The molecule has 0 saturated carbocycles. The second-order valence-electron chi connectivity index (χ2n) is 5.54. The summed E-state index contributed by atoms with van der Waals surface area (Å²) in [5.74, 6) is -0.417. The zero-order chi connectivity index (χ0) is 18.3. The van der Waals surface area contributed by atoms with Gasteiger partial charge in [0.05, 0.1) is 10.8 Å². The predicted octanol–water partition coefficient (Wildman–Crippen LogP) is 1.19. The molecule has 1 fully saturated rings. The van der Waals surface area contributed by atoms with Gasteiger partial charge < -0.3 is 5.32 Å². The van der Waals surface area contributed by atoms with Gasteiger partial charge in [0.15, 0.2) is 0 Å². The zero-order valence-electron chi connectivity index (χ0n) is 14.0. The van der Waals surface area contributed by atoms with Gasteiger partial charge in [0, 0.05) is 25.8 Å². The van der Waals surface area contributed by atoms with E-state index < -0.39 is 22.0 Å². The first-order valence-corrected chi connectivity index (χ1v) is 10.5. The number of carbonyl (C=O) groups is 2. The van der Waals surface area contributed by atoms with E-state index in [-0.39, 0.29) is 10.6 Å². The molecule has 0 aromatic carbocycles. The number of hydrogen-bond acceptors (Lipinski definition) is 6. The fourth-order valence-corrected chi connectivity index (χ4v) is 4.37. The van der Waals surface area contributed by atoms with Crippen LogP contribution in [0, 0.1) is 0 Å². The molecule has 0 aliphatic carbocycles. The number of aromatic nitrogens is 1. The molecule has 8 nitrogen and oxygen atoms in total. The van der Waals surface area contributed by atoms with Gasteiger partial charge in [-0.2, -0.15) is 4.31 Å². The Balaban J connectivity index is 1.86. The summed E-state index contributed by atoms with van der Waals surface area (Å²) in [6.07, 6.45) is 3.85. The molecule has 1 aliphatic heterocycles. The van der Waals surface area contributed by atoms with Gasteiger partial charge in [-0.15, -0.1) is 0 Å². The van der Waals surface area contributed by atoms with E-state index in [1.807, 2.05) is 6.92 Å². The zero-order valence-corrected chi connectivity index (χ0v) is 15.7. The van der Waals surface area contributed by atoms with Crippen molar-refractivity contribution in [1.29, 1.82) is 0 Å². The number of rotatable bonds is 7. The van der Waals surface area contributed by atoms with E-state index in [2.05, 4.69) is 15.6 Å². The van der Waals surface area contributed by atoms with Crippen molar-refractivity contribution < 1.29 is 18.0 Å². The molecule has 2 heterocycles. The first kappa shape index (κ1) is 19.7. The Morgan fingerprint density at radius 1 is 1.28 bits per heavy atom. The van der Waals surface area contributed by atoms with Crippen LogP contribution in [0.2, 0.25) is 0 Å². The van der Waals surface area contributed by atoms with E-state index in [1.165, 1.54) is 16.6 Å². The van der Waals surface area contributed by atoms with Crippen molar-refractivity contribution >= 4 is 33.7 Å². The summed E-state index contributed by atoms with van der Waals surface area (Å²) >= 11 is 1.13. The van der Waals surface area contributed by atoms with Gasteiger partial charge in [0.25, 0.3) is 0 Å². The highest BCUT2D eigenvalue weighted by molar-refractivity contribution is 7.99. The number of hydrogen-bond donors (Lipinski definition) is 2. The summed E-state index contributed by atoms with van der Waals surface area (Å²) in [7, 11) is -3.48. The molecule has 2 N–H and O–H groups in total. The van der Waals surface area contributed by atoms with Crippen LogP contribution in [0.15, 0.2) is 28.3 Å². The van der Waals surface area contributed by atoms with Crippen LogP contribution >= 0.6 is 11.8 Å². The van der Waals surface area contributed by atoms with Crippen LogP contribution in [0.3, 0.4) is 0 Å². The van der Waals surface area contributed by atoms with E-state index in [0.717, 1.165) is 31.0 Å². The van der Waals surface area contributed by atoms with E-state index in [9.17, 15) is 18.0 Å². The van der Waals surface area contributed by atoms with Gasteiger partial charge in [0.2, 0.25) is 15.9 Å². The van der Waals surface area contributed by atoms with Gasteiger partial charge in [-0.05, 0) is 31.4 Å². The van der Waals surface area contributed by atoms with Crippen molar-refractivity contribution in [2.75, 3.05) is 25.4 Å². The number of urea groups is 1. The topological polar surface area (TPSA) is 108 Å². The molecule has 0 unspecified atom stereocenters. The minimum absolute atomic E-state index is 0.0186. The van der Waals surface area contributed by atoms with E-state index >= 15 is 0 Å². The Hall–Kier alpha value is -1.65. The highest BCUT2D eigenvalue weighted by Gasteiger charge is 2.27. The molecule has 10 heteroatoms. The molecule has 0 spiro atoms. The van der Waals surface area contributed by atoms with Crippen LogP contribution in [0.1, 0.15) is 26.2 Å². The molecule has 25 heavy (non-hydrogen) atoms. The number of amides is 3. The van der Waals surface area contributed by atoms with Crippen molar-refractivity contribution in [1.82, 2.24) is 19.9 Å². The van der Waals surface area contributed by atoms with Gasteiger partial charge in [-0.1, -0.05) is 18.7 Å². The standard InChI is InChI=1S/C15H22N4O4S2/c1-2-7-16-15(21)18-13(20)11-24-14-6-5-12(10-17-14)25(22,23)19-8-3-4-9-19/h5-6,10H,2-4,7-9,11H2,1H3,(H2,16,18,20,21). The first-order chi connectivity index (χ1) is 11.9. The van der Waals surface area contributed by atoms with Crippen LogP contribution < -0.4 is 10.6 Å². The van der Waals surface area contributed by atoms with Crippen molar-refractivity contribution in [2.24, 2.45) is 0 Å². The predicted molar refractivity (Wildman–Crippen MR) is 94.8 cm³/mol. The van der Waals surface area contributed by atoms with E-state index in [1.54, 1.807) is 6.07 Å². The van der Waals surface area contributed by atoms with Crippen LogP contribution in [-0.2, 0) is 14.8 Å². The second-order valence-corrected chi connectivity index (χ2v) is 8.47. The first-order valence-electron chi connectivity index (χ1n) is 8.10. The smallest absolute Gasteiger partial charge is 0.321 e. The maximum atomic E-state index is 12.4. The molecule has 3 amide bonds. The molecular weight excluding hydrogens is 364 g/mol. The SMILES string of the molecule is CCCNC(=O)NC(=O)CSc1ccc(S(=O)(=O)N2CCCC2)cn1. The maximum absolute atomic E-state index is 12.4. The molecule has 1 saturated heterocycles. The van der Waals surface area contributed by atoms with Crippen molar-refractivity contribution in [3.05, 3.63) is 18.3 Å². The lowest BCUT2D eigenvalue weighted by Crippen LogP contribution is -2.40. The molecular formula is C15H22N4O4S2. The lowest BCUT2D eigenvalue weighted by molar-refractivity contribution is -0.117. The maximum Gasteiger partial charge on any atom is 0.321 e. The quantitative estimate of drug-likeness (QED) is 0.682. The molecule has 0 bridgehead atoms. The van der Waals surface area contributed by atoms with Crippen molar-refractivity contribution in [3.63, 3.8) is 0 Å². The Morgan fingerprint density at radius 3 is 2.60 bits per heavy atom. The second kappa shape index (κ2) is 9.16. The molecule has 138 valence electrons. The summed E-state index contributed by atoms with van der Waals surface area (Å²) < 4.78 is 26.2. The number of nitrogens with zero attached hydrogens (tertiary/aromatic N) is 2. The monoisotopic (exact) mass is 386 g/mol. The number of nitrogens with one attached hydrogen (secondary N) is 2. The highest BCUT2D eigenvalue weighted by Crippen LogP contribution is 2.22. The van der Waals surface area contributed by atoms with Crippen LogP contribution in [0.25, 0.3) is 0 Å². The molecule has 2 rings (SSSR count). The number of imide groups is 1. The van der Waals surface area contributed by atoms with Gasteiger partial charge in [-0.25, -0.2) is 18.2 Å². The molecule has 0 atom stereocenters. The molecule has 1 aromatic rings. The minimum atomic E-state index is -3.48. The van der Waals surface area contributed by atoms with Crippen molar-refractivity contribution in [2.45, 2.75) is 36.1 Å². The summed E-state index contributed by atoms with van der Waals surface area (Å²) in [6.45, 7) is 3.50. The molecule has 1 aliphatic rings.